The molecule has 0 unspecified atom stereocenters. The summed E-state index contributed by atoms with van der Waals surface area (Å²) < 4.78 is 4.56. The Morgan fingerprint density at radius 1 is 1.04 bits per heavy atom. The Hall–Kier alpha value is -1.30. The zero-order valence-corrected chi connectivity index (χ0v) is 14.7. The molecule has 1 heterocycles. The number of nitrogens with zero attached hydrogens (tertiary/aromatic N) is 1. The van der Waals surface area contributed by atoms with Crippen LogP contribution >= 0.6 is 0 Å². The van der Waals surface area contributed by atoms with Crippen LogP contribution in [-0.2, 0) is 9.53 Å². The fraction of sp³-hybridized carbons (Fsp3) is 0.882. The molecule has 0 aromatic heterocycles. The third kappa shape index (κ3) is 10.2. The third-order valence-corrected chi connectivity index (χ3v) is 4.38. The van der Waals surface area contributed by atoms with Gasteiger partial charge in [0, 0.05) is 19.5 Å². The summed E-state index contributed by atoms with van der Waals surface area (Å²) in [6.07, 6.45) is 6.72. The van der Waals surface area contributed by atoms with Gasteiger partial charge in [0.15, 0.2) is 0 Å². The number of piperidine rings is 1. The summed E-state index contributed by atoms with van der Waals surface area (Å²) >= 11 is 0. The molecule has 1 aliphatic heterocycles. The topological polar surface area (TPSA) is 70.7 Å². The van der Waals surface area contributed by atoms with Crippen LogP contribution in [0.25, 0.3) is 0 Å². The molecule has 6 nitrogen and oxygen atoms in total. The maximum Gasteiger partial charge on any atom is 0.314 e. The van der Waals surface area contributed by atoms with E-state index in [9.17, 15) is 9.59 Å². The molecule has 1 rings (SSSR count). The van der Waals surface area contributed by atoms with Crippen molar-refractivity contribution in [3.05, 3.63) is 0 Å². The molecule has 0 bridgehead atoms. The molecule has 0 atom stereocenters. The van der Waals surface area contributed by atoms with Gasteiger partial charge in [-0.1, -0.05) is 6.92 Å². The predicted molar refractivity (Wildman–Crippen MR) is 91.3 cm³/mol. The van der Waals surface area contributed by atoms with E-state index in [1.165, 1.54) is 33.0 Å². The highest BCUT2D eigenvalue weighted by molar-refractivity contribution is 5.73. The Bertz CT molecular complexity index is 342. The number of likely N-dealkylation sites (tertiary alicyclic amines) is 1. The Labute approximate surface area is 140 Å². The summed E-state index contributed by atoms with van der Waals surface area (Å²) in [5, 5.41) is 5.69. The molecular weight excluding hydrogens is 294 g/mol. The van der Waals surface area contributed by atoms with Gasteiger partial charge in [-0.3, -0.25) is 4.79 Å². The van der Waals surface area contributed by atoms with Gasteiger partial charge in [0.2, 0.25) is 0 Å². The molecule has 6 heteroatoms. The van der Waals surface area contributed by atoms with Crippen molar-refractivity contribution in [2.75, 3.05) is 39.8 Å². The lowest BCUT2D eigenvalue weighted by Gasteiger charge is -2.30. The molecule has 0 radical (unpaired) electrons. The number of carbonyl (C=O) groups excluding carboxylic acids is 2. The van der Waals surface area contributed by atoms with Gasteiger partial charge in [0.25, 0.3) is 0 Å². The Balaban J connectivity index is 1.87. The van der Waals surface area contributed by atoms with Gasteiger partial charge in [-0.25, -0.2) is 4.79 Å². The minimum Gasteiger partial charge on any atom is -0.469 e. The first-order chi connectivity index (χ1) is 11.1. The Morgan fingerprint density at radius 2 is 1.65 bits per heavy atom. The highest BCUT2D eigenvalue weighted by Crippen LogP contribution is 2.15. The van der Waals surface area contributed by atoms with Crippen molar-refractivity contribution in [1.29, 1.82) is 0 Å². The molecule has 134 valence electrons. The molecule has 1 fully saturated rings. The quantitative estimate of drug-likeness (QED) is 0.476. The van der Waals surface area contributed by atoms with Gasteiger partial charge in [-0.05, 0) is 64.1 Å². The van der Waals surface area contributed by atoms with Crippen LogP contribution in [0.1, 0.15) is 51.9 Å². The average molecular weight is 327 g/mol. The molecule has 2 N–H and O–H groups in total. The van der Waals surface area contributed by atoms with Crippen LogP contribution in [0.5, 0.6) is 0 Å². The number of urea groups is 1. The van der Waals surface area contributed by atoms with Crippen LogP contribution < -0.4 is 10.6 Å². The molecule has 0 aromatic rings. The molecule has 0 saturated carbocycles. The number of esters is 1. The molecule has 1 aliphatic rings. The van der Waals surface area contributed by atoms with E-state index < -0.39 is 0 Å². The second-order valence-electron chi connectivity index (χ2n) is 6.45. The predicted octanol–water partition coefficient (Wildman–Crippen LogP) is 2.14. The largest absolute Gasteiger partial charge is 0.469 e. The summed E-state index contributed by atoms with van der Waals surface area (Å²) in [5.74, 6) is 0.682. The number of hydrogen-bond donors (Lipinski definition) is 2. The van der Waals surface area contributed by atoms with Crippen molar-refractivity contribution in [3.8, 4) is 0 Å². The van der Waals surface area contributed by atoms with E-state index in [1.807, 2.05) is 0 Å². The SMILES string of the molecule is COC(=O)CCCCNC(=O)NCCCCN1CCC(C)CC1. The number of methoxy groups -OCH3 is 1. The number of nitrogens with one attached hydrogen (secondary N) is 2. The summed E-state index contributed by atoms with van der Waals surface area (Å²) in [7, 11) is 1.39. The van der Waals surface area contributed by atoms with Gasteiger partial charge in [0.1, 0.15) is 0 Å². The lowest BCUT2D eigenvalue weighted by molar-refractivity contribution is -0.140. The summed E-state index contributed by atoms with van der Waals surface area (Å²) in [6, 6.07) is -0.116. The highest BCUT2D eigenvalue weighted by Gasteiger charge is 2.14. The molecule has 23 heavy (non-hydrogen) atoms. The normalized spacial score (nSPS) is 16.1. The molecule has 0 aliphatic carbocycles. The first-order valence-corrected chi connectivity index (χ1v) is 8.92. The van der Waals surface area contributed by atoms with Gasteiger partial charge in [0.05, 0.1) is 7.11 Å². The maximum atomic E-state index is 11.6. The van der Waals surface area contributed by atoms with Crippen molar-refractivity contribution in [1.82, 2.24) is 15.5 Å². The van der Waals surface area contributed by atoms with Crippen LogP contribution in [0.4, 0.5) is 4.79 Å². The number of hydrogen-bond acceptors (Lipinski definition) is 4. The molecule has 0 spiro atoms. The van der Waals surface area contributed by atoms with Gasteiger partial charge in [-0.2, -0.15) is 0 Å². The first-order valence-electron chi connectivity index (χ1n) is 8.92. The second kappa shape index (κ2) is 12.2. The maximum absolute atomic E-state index is 11.6. The standard InChI is InChI=1S/C17H33N3O3/c1-15-8-13-20(14-9-15)12-6-5-11-19-17(22)18-10-4-3-7-16(21)23-2/h15H,3-14H2,1-2H3,(H2,18,19,22). The van der Waals surface area contributed by atoms with Crippen molar-refractivity contribution in [2.24, 2.45) is 5.92 Å². The van der Waals surface area contributed by atoms with Crippen LogP contribution in [0.2, 0.25) is 0 Å². The summed E-state index contributed by atoms with van der Waals surface area (Å²) in [4.78, 5) is 25.0. The zero-order valence-electron chi connectivity index (χ0n) is 14.7. The highest BCUT2D eigenvalue weighted by atomic mass is 16.5. The van der Waals surface area contributed by atoms with E-state index in [2.05, 4.69) is 27.2 Å². The van der Waals surface area contributed by atoms with Crippen molar-refractivity contribution in [3.63, 3.8) is 0 Å². The molecule has 2 amide bonds. The van der Waals surface area contributed by atoms with Gasteiger partial charge in [-0.15, -0.1) is 0 Å². The fourth-order valence-corrected chi connectivity index (χ4v) is 2.71. The lowest BCUT2D eigenvalue weighted by atomic mass is 9.99. The van der Waals surface area contributed by atoms with Gasteiger partial charge >= 0.3 is 12.0 Å². The number of unbranched alkanes of at least 4 members (excludes halogenated alkanes) is 2. The zero-order chi connectivity index (χ0) is 16.9. The van der Waals surface area contributed by atoms with Crippen LogP contribution in [-0.4, -0.2) is 56.7 Å². The fourth-order valence-electron chi connectivity index (χ4n) is 2.71. The number of rotatable bonds is 10. The van der Waals surface area contributed by atoms with E-state index in [4.69, 9.17) is 0 Å². The molecular formula is C17H33N3O3. The van der Waals surface area contributed by atoms with E-state index >= 15 is 0 Å². The molecule has 1 saturated heterocycles. The summed E-state index contributed by atoms with van der Waals surface area (Å²) in [6.45, 7) is 7.23. The average Bonchev–Trinajstić information content (AvgIpc) is 2.55. The smallest absolute Gasteiger partial charge is 0.314 e. The van der Waals surface area contributed by atoms with E-state index in [0.717, 1.165) is 44.7 Å². The first kappa shape index (κ1) is 19.7. The Kier molecular flexibility index (Phi) is 10.4. The van der Waals surface area contributed by atoms with E-state index in [1.54, 1.807) is 0 Å². The number of amides is 2. The Morgan fingerprint density at radius 3 is 2.26 bits per heavy atom. The minimum absolute atomic E-state index is 0.116. The number of carbonyl (C=O) groups is 2. The monoisotopic (exact) mass is 327 g/mol. The van der Waals surface area contributed by atoms with E-state index in [-0.39, 0.29) is 12.0 Å². The number of ether oxygens (including phenoxy) is 1. The van der Waals surface area contributed by atoms with Gasteiger partial charge < -0.3 is 20.3 Å². The second-order valence-corrected chi connectivity index (χ2v) is 6.45. The third-order valence-electron chi connectivity index (χ3n) is 4.38. The van der Waals surface area contributed by atoms with E-state index in [0.29, 0.717) is 13.0 Å². The van der Waals surface area contributed by atoms with Crippen molar-refractivity contribution < 1.29 is 14.3 Å². The summed E-state index contributed by atoms with van der Waals surface area (Å²) in [5.41, 5.74) is 0. The van der Waals surface area contributed by atoms with Crippen LogP contribution in [0.3, 0.4) is 0 Å². The lowest BCUT2D eigenvalue weighted by Crippen LogP contribution is -2.37. The van der Waals surface area contributed by atoms with Crippen molar-refractivity contribution in [2.45, 2.75) is 51.9 Å². The minimum atomic E-state index is -0.197. The molecule has 0 aromatic carbocycles. The van der Waals surface area contributed by atoms with Crippen molar-refractivity contribution >= 4 is 12.0 Å². The van der Waals surface area contributed by atoms with Crippen LogP contribution in [0.15, 0.2) is 0 Å². The van der Waals surface area contributed by atoms with Crippen LogP contribution in [0, 0.1) is 5.92 Å².